The minimum atomic E-state index is -1.11. The standard InChI is InChI=1S/C27H29F3N6O4/c1-16-13-17(14-19(28)22(16)27(37)33-7-10-40-12-11-39-9-5-31)35-25-26-34-15-20(36(26)8-6-32-25)18-3-4-21(38-2)24(30)23(18)29/h3-4,6,8,13-15H,5,7,9-12,31H2,1-2H3,(H,32,35)(H,33,37). The number of anilines is 2. The molecule has 1 amide bonds. The SMILES string of the molecule is COc1ccc(-c2cnc3c(Nc4cc(C)c(C(=O)NCCOCCOCCN)c(F)c4)nccn23)c(F)c1F. The van der Waals surface area contributed by atoms with Crippen LogP contribution in [-0.2, 0) is 9.47 Å². The number of hydrogen-bond donors (Lipinski definition) is 3. The van der Waals surface area contributed by atoms with Gasteiger partial charge in [-0.25, -0.2) is 18.7 Å². The third kappa shape index (κ3) is 6.33. The maximum Gasteiger partial charge on any atom is 0.254 e. The highest BCUT2D eigenvalue weighted by molar-refractivity contribution is 5.96. The average Bonchev–Trinajstić information content (AvgIpc) is 3.36. The third-order valence-electron chi connectivity index (χ3n) is 5.91. The molecule has 2 heterocycles. The molecule has 0 bridgehead atoms. The minimum Gasteiger partial charge on any atom is -0.494 e. The first-order chi connectivity index (χ1) is 19.3. The van der Waals surface area contributed by atoms with E-state index < -0.39 is 23.4 Å². The zero-order valence-electron chi connectivity index (χ0n) is 22.0. The lowest BCUT2D eigenvalue weighted by molar-refractivity contribution is 0.0511. The fraction of sp³-hybridized carbons (Fsp3) is 0.296. The van der Waals surface area contributed by atoms with Gasteiger partial charge in [0.2, 0.25) is 5.82 Å². The second kappa shape index (κ2) is 13.2. The maximum absolute atomic E-state index is 15.0. The Balaban J connectivity index is 1.47. The molecule has 40 heavy (non-hydrogen) atoms. The molecule has 0 atom stereocenters. The van der Waals surface area contributed by atoms with Gasteiger partial charge in [0, 0.05) is 36.7 Å². The van der Waals surface area contributed by atoms with Crippen LogP contribution in [0.5, 0.6) is 5.75 Å². The number of aryl methyl sites for hydroxylation is 1. The number of methoxy groups -OCH3 is 1. The van der Waals surface area contributed by atoms with Gasteiger partial charge in [-0.2, -0.15) is 4.39 Å². The predicted molar refractivity (Wildman–Crippen MR) is 142 cm³/mol. The molecular formula is C27H29F3N6O4. The number of aromatic nitrogens is 3. The second-order valence-electron chi connectivity index (χ2n) is 8.60. The van der Waals surface area contributed by atoms with Crippen LogP contribution in [0.2, 0.25) is 0 Å². The molecule has 0 aliphatic carbocycles. The Morgan fingerprint density at radius 2 is 1.82 bits per heavy atom. The van der Waals surface area contributed by atoms with E-state index in [9.17, 15) is 13.6 Å². The quantitative estimate of drug-likeness (QED) is 0.213. The van der Waals surface area contributed by atoms with Gasteiger partial charge in [0.05, 0.1) is 51.0 Å². The van der Waals surface area contributed by atoms with Crippen molar-refractivity contribution in [2.45, 2.75) is 6.92 Å². The summed E-state index contributed by atoms with van der Waals surface area (Å²) < 4.78 is 61.0. The number of fused-ring (bicyclic) bond motifs is 1. The summed E-state index contributed by atoms with van der Waals surface area (Å²) in [5.41, 5.74) is 6.50. The van der Waals surface area contributed by atoms with Crippen LogP contribution in [-0.4, -0.2) is 66.9 Å². The lowest BCUT2D eigenvalue weighted by Crippen LogP contribution is -2.29. The minimum absolute atomic E-state index is 0.0227. The number of amides is 1. The normalized spacial score (nSPS) is 11.2. The summed E-state index contributed by atoms with van der Waals surface area (Å²) in [4.78, 5) is 21.1. The number of hydrogen-bond acceptors (Lipinski definition) is 8. The van der Waals surface area contributed by atoms with Gasteiger partial charge in [-0.15, -0.1) is 0 Å². The molecule has 2 aromatic heterocycles. The number of nitrogens with two attached hydrogens (primary N) is 1. The molecule has 0 aliphatic heterocycles. The number of nitrogens with zero attached hydrogens (tertiary/aromatic N) is 3. The van der Waals surface area contributed by atoms with E-state index in [1.165, 1.54) is 42.1 Å². The van der Waals surface area contributed by atoms with Crippen LogP contribution in [0.4, 0.5) is 24.7 Å². The van der Waals surface area contributed by atoms with Gasteiger partial charge in [-0.3, -0.25) is 9.20 Å². The Morgan fingerprint density at radius 1 is 1.05 bits per heavy atom. The fourth-order valence-electron chi connectivity index (χ4n) is 4.06. The summed E-state index contributed by atoms with van der Waals surface area (Å²) in [5, 5.41) is 5.62. The zero-order chi connectivity index (χ0) is 28.6. The average molecular weight is 559 g/mol. The van der Waals surface area contributed by atoms with Gasteiger partial charge in [-0.1, -0.05) is 0 Å². The predicted octanol–water partition coefficient (Wildman–Crippen LogP) is 3.60. The van der Waals surface area contributed by atoms with E-state index in [4.69, 9.17) is 19.9 Å². The van der Waals surface area contributed by atoms with Crippen molar-refractivity contribution in [1.82, 2.24) is 19.7 Å². The van der Waals surface area contributed by atoms with E-state index in [-0.39, 0.29) is 41.5 Å². The molecular weight excluding hydrogens is 529 g/mol. The molecule has 0 fully saturated rings. The summed E-state index contributed by atoms with van der Waals surface area (Å²) in [6.07, 6.45) is 4.36. The number of nitrogens with one attached hydrogen (secondary N) is 2. The van der Waals surface area contributed by atoms with Crippen LogP contribution in [0, 0.1) is 24.4 Å². The molecule has 0 spiro atoms. The van der Waals surface area contributed by atoms with E-state index in [2.05, 4.69) is 20.6 Å². The van der Waals surface area contributed by atoms with Gasteiger partial charge < -0.3 is 30.6 Å². The molecule has 0 saturated heterocycles. The molecule has 2 aromatic carbocycles. The molecule has 4 N–H and O–H groups in total. The Kier molecular flexibility index (Phi) is 9.53. The number of halogens is 3. The summed E-state index contributed by atoms with van der Waals surface area (Å²) in [6.45, 7) is 3.68. The van der Waals surface area contributed by atoms with Crippen molar-refractivity contribution < 1.29 is 32.2 Å². The van der Waals surface area contributed by atoms with Crippen molar-refractivity contribution in [3.63, 3.8) is 0 Å². The van der Waals surface area contributed by atoms with Crippen LogP contribution in [0.3, 0.4) is 0 Å². The van der Waals surface area contributed by atoms with Gasteiger partial charge in [0.25, 0.3) is 5.91 Å². The van der Waals surface area contributed by atoms with Gasteiger partial charge in [0.1, 0.15) is 5.82 Å². The van der Waals surface area contributed by atoms with E-state index in [1.54, 1.807) is 19.2 Å². The van der Waals surface area contributed by atoms with Crippen molar-refractivity contribution in [2.75, 3.05) is 51.9 Å². The zero-order valence-corrected chi connectivity index (χ0v) is 22.0. The van der Waals surface area contributed by atoms with Crippen molar-refractivity contribution in [2.24, 2.45) is 5.73 Å². The summed E-state index contributed by atoms with van der Waals surface area (Å²) >= 11 is 0. The number of rotatable bonds is 13. The Morgan fingerprint density at radius 3 is 2.55 bits per heavy atom. The monoisotopic (exact) mass is 558 g/mol. The van der Waals surface area contributed by atoms with Crippen molar-refractivity contribution in [3.8, 4) is 17.0 Å². The fourth-order valence-corrected chi connectivity index (χ4v) is 4.06. The molecule has 4 aromatic rings. The Bertz CT molecular complexity index is 1470. The highest BCUT2D eigenvalue weighted by atomic mass is 19.2. The second-order valence-corrected chi connectivity index (χ2v) is 8.60. The van der Waals surface area contributed by atoms with E-state index >= 15 is 4.39 Å². The topological polar surface area (TPSA) is 125 Å². The molecule has 212 valence electrons. The lowest BCUT2D eigenvalue weighted by atomic mass is 10.1. The number of carbonyl (C=O) groups is 1. The first-order valence-electron chi connectivity index (χ1n) is 12.4. The molecule has 0 saturated carbocycles. The first-order valence-corrected chi connectivity index (χ1v) is 12.4. The third-order valence-corrected chi connectivity index (χ3v) is 5.91. The molecule has 10 nitrogen and oxygen atoms in total. The molecule has 0 aliphatic rings. The Labute approximate surface area is 228 Å². The van der Waals surface area contributed by atoms with Gasteiger partial charge in [0.15, 0.2) is 23.0 Å². The lowest BCUT2D eigenvalue weighted by Gasteiger charge is -2.13. The van der Waals surface area contributed by atoms with Crippen LogP contribution < -0.4 is 21.1 Å². The largest absolute Gasteiger partial charge is 0.494 e. The highest BCUT2D eigenvalue weighted by Gasteiger charge is 2.20. The van der Waals surface area contributed by atoms with Gasteiger partial charge >= 0.3 is 0 Å². The van der Waals surface area contributed by atoms with Crippen LogP contribution >= 0.6 is 0 Å². The first kappa shape index (κ1) is 28.8. The van der Waals surface area contributed by atoms with E-state index in [1.807, 2.05) is 0 Å². The number of carbonyl (C=O) groups excluding carboxylic acids is 1. The summed E-state index contributed by atoms with van der Waals surface area (Å²) in [7, 11) is 1.25. The molecule has 0 radical (unpaired) electrons. The molecule has 0 unspecified atom stereocenters. The Hall–Kier alpha value is -4.20. The van der Waals surface area contributed by atoms with Crippen LogP contribution in [0.25, 0.3) is 16.9 Å². The summed E-state index contributed by atoms with van der Waals surface area (Å²) in [6, 6.07) is 5.47. The highest BCUT2D eigenvalue weighted by Crippen LogP contribution is 2.32. The van der Waals surface area contributed by atoms with Crippen molar-refractivity contribution >= 4 is 23.1 Å². The maximum atomic E-state index is 15.0. The van der Waals surface area contributed by atoms with E-state index in [0.29, 0.717) is 43.3 Å². The van der Waals surface area contributed by atoms with Crippen LogP contribution in [0.1, 0.15) is 15.9 Å². The van der Waals surface area contributed by atoms with Gasteiger partial charge in [-0.05, 0) is 36.8 Å². The number of imidazole rings is 1. The van der Waals surface area contributed by atoms with Crippen molar-refractivity contribution in [3.05, 3.63) is 71.4 Å². The number of ether oxygens (including phenoxy) is 3. The molecule has 4 rings (SSSR count). The smallest absolute Gasteiger partial charge is 0.254 e. The summed E-state index contributed by atoms with van der Waals surface area (Å²) in [5.74, 6) is -3.47. The number of benzene rings is 2. The molecule has 13 heteroatoms. The van der Waals surface area contributed by atoms with Crippen LogP contribution in [0.15, 0.2) is 42.9 Å². The van der Waals surface area contributed by atoms with Crippen molar-refractivity contribution in [1.29, 1.82) is 0 Å². The van der Waals surface area contributed by atoms with E-state index in [0.717, 1.165) is 0 Å².